The summed E-state index contributed by atoms with van der Waals surface area (Å²) in [6, 6.07) is 8.87. The van der Waals surface area contributed by atoms with Crippen LogP contribution < -0.4 is 10.6 Å². The molecule has 2 aromatic rings. The van der Waals surface area contributed by atoms with E-state index in [2.05, 4.69) is 10.6 Å². The van der Waals surface area contributed by atoms with Crippen LogP contribution in [0.3, 0.4) is 0 Å². The summed E-state index contributed by atoms with van der Waals surface area (Å²) >= 11 is 11.8. The Balaban J connectivity index is 2.17. The number of amides is 1. The van der Waals surface area contributed by atoms with Crippen molar-refractivity contribution in [3.8, 4) is 0 Å². The van der Waals surface area contributed by atoms with Crippen molar-refractivity contribution in [3.05, 3.63) is 58.1 Å². The van der Waals surface area contributed by atoms with E-state index in [0.29, 0.717) is 10.7 Å². The first kappa shape index (κ1) is 20.4. The third-order valence-corrected chi connectivity index (χ3v) is 4.23. The van der Waals surface area contributed by atoms with Gasteiger partial charge in [-0.3, -0.25) is 4.79 Å². The summed E-state index contributed by atoms with van der Waals surface area (Å²) in [4.78, 5) is 12.6. The Morgan fingerprint density at radius 1 is 1.04 bits per heavy atom. The van der Waals surface area contributed by atoms with Crippen molar-refractivity contribution in [2.24, 2.45) is 5.92 Å². The first-order valence-electron chi connectivity index (χ1n) is 7.77. The molecule has 0 spiro atoms. The van der Waals surface area contributed by atoms with E-state index < -0.39 is 17.8 Å². The predicted molar refractivity (Wildman–Crippen MR) is 98.8 cm³/mol. The van der Waals surface area contributed by atoms with Gasteiger partial charge in [0.1, 0.15) is 6.04 Å². The second-order valence-corrected chi connectivity index (χ2v) is 6.90. The molecule has 2 N–H and O–H groups in total. The van der Waals surface area contributed by atoms with Crippen LogP contribution in [0.4, 0.5) is 24.5 Å². The topological polar surface area (TPSA) is 41.1 Å². The van der Waals surface area contributed by atoms with Crippen LogP contribution in [0.1, 0.15) is 19.4 Å². The summed E-state index contributed by atoms with van der Waals surface area (Å²) < 4.78 is 38.2. The fraction of sp³-hybridized carbons (Fsp3) is 0.278. The summed E-state index contributed by atoms with van der Waals surface area (Å²) in [7, 11) is 0. The quantitative estimate of drug-likeness (QED) is 0.632. The zero-order valence-corrected chi connectivity index (χ0v) is 15.5. The maximum absolute atomic E-state index is 12.7. The third-order valence-electron chi connectivity index (χ3n) is 3.67. The normalized spacial score (nSPS) is 12.8. The van der Waals surface area contributed by atoms with Gasteiger partial charge in [0.25, 0.3) is 0 Å². The molecule has 8 heteroatoms. The Hall–Kier alpha value is -1.92. The summed E-state index contributed by atoms with van der Waals surface area (Å²) in [6.07, 6.45) is -4.48. The molecule has 140 valence electrons. The van der Waals surface area contributed by atoms with Crippen LogP contribution in [-0.2, 0) is 11.0 Å². The van der Waals surface area contributed by atoms with Crippen LogP contribution in [0.25, 0.3) is 0 Å². The van der Waals surface area contributed by atoms with Crippen LogP contribution in [0, 0.1) is 5.92 Å². The molecular formula is C18H17Cl2F3N2O. The Labute approximate surface area is 159 Å². The molecule has 0 radical (unpaired) electrons. The summed E-state index contributed by atoms with van der Waals surface area (Å²) in [5.74, 6) is -0.473. The van der Waals surface area contributed by atoms with Gasteiger partial charge >= 0.3 is 6.18 Å². The molecule has 1 atom stereocenters. The number of carbonyl (C=O) groups excluding carboxylic acids is 1. The van der Waals surface area contributed by atoms with E-state index in [9.17, 15) is 18.0 Å². The molecule has 0 unspecified atom stereocenters. The zero-order chi connectivity index (χ0) is 19.5. The number of halogens is 5. The van der Waals surface area contributed by atoms with Gasteiger partial charge in [-0.25, -0.2) is 0 Å². The first-order chi connectivity index (χ1) is 12.1. The monoisotopic (exact) mass is 404 g/mol. The van der Waals surface area contributed by atoms with Gasteiger partial charge in [0.05, 0.1) is 16.3 Å². The van der Waals surface area contributed by atoms with Gasteiger partial charge in [-0.2, -0.15) is 13.2 Å². The van der Waals surface area contributed by atoms with Gasteiger partial charge in [-0.05, 0) is 48.4 Å². The third kappa shape index (κ3) is 5.29. The Morgan fingerprint density at radius 2 is 1.65 bits per heavy atom. The molecule has 0 aliphatic rings. The molecule has 0 aromatic heterocycles. The van der Waals surface area contributed by atoms with Crippen LogP contribution in [0.2, 0.25) is 10.0 Å². The van der Waals surface area contributed by atoms with Gasteiger partial charge in [0.15, 0.2) is 0 Å². The van der Waals surface area contributed by atoms with Gasteiger partial charge in [0, 0.05) is 10.7 Å². The molecule has 2 rings (SSSR count). The highest BCUT2D eigenvalue weighted by molar-refractivity contribution is 6.33. The molecular weight excluding hydrogens is 388 g/mol. The number of nitrogens with one attached hydrogen (secondary N) is 2. The Kier molecular flexibility index (Phi) is 6.42. The van der Waals surface area contributed by atoms with Crippen molar-refractivity contribution >= 4 is 40.5 Å². The smallest absolute Gasteiger partial charge is 0.372 e. The second kappa shape index (κ2) is 8.18. The molecule has 0 saturated heterocycles. The average Bonchev–Trinajstić information content (AvgIpc) is 2.54. The highest BCUT2D eigenvalue weighted by atomic mass is 35.5. The van der Waals surface area contributed by atoms with Crippen LogP contribution in [0.15, 0.2) is 42.5 Å². The largest absolute Gasteiger partial charge is 0.416 e. The van der Waals surface area contributed by atoms with E-state index in [-0.39, 0.29) is 22.5 Å². The lowest BCUT2D eigenvalue weighted by Gasteiger charge is -2.23. The molecule has 2 aromatic carbocycles. The van der Waals surface area contributed by atoms with Crippen molar-refractivity contribution in [2.75, 3.05) is 10.6 Å². The number of hydrogen-bond acceptors (Lipinski definition) is 2. The maximum Gasteiger partial charge on any atom is 0.416 e. The van der Waals surface area contributed by atoms with Gasteiger partial charge in [-0.15, -0.1) is 0 Å². The highest BCUT2D eigenvalue weighted by Gasteiger charge is 2.31. The van der Waals surface area contributed by atoms with Crippen LogP contribution >= 0.6 is 23.2 Å². The van der Waals surface area contributed by atoms with E-state index in [0.717, 1.165) is 12.1 Å². The standard InChI is InChI=1S/C18H17Cl2F3N2O/c1-10(2)16(17(26)24-13-6-4-12(19)5-7-13)25-15-8-3-11(9-14(15)20)18(21,22)23/h3-10,16,25H,1-2H3,(H,24,26)/t16-/m0/s1. The number of carbonyl (C=O) groups is 1. The summed E-state index contributed by atoms with van der Waals surface area (Å²) in [5, 5.41) is 6.10. The fourth-order valence-corrected chi connectivity index (χ4v) is 2.63. The van der Waals surface area contributed by atoms with E-state index >= 15 is 0 Å². The Morgan fingerprint density at radius 3 is 2.15 bits per heavy atom. The van der Waals surface area contributed by atoms with Crippen molar-refractivity contribution in [1.29, 1.82) is 0 Å². The predicted octanol–water partition coefficient (Wildman–Crippen LogP) is 6.09. The molecule has 3 nitrogen and oxygen atoms in total. The minimum absolute atomic E-state index is 0.107. The molecule has 0 saturated carbocycles. The number of alkyl halides is 3. The maximum atomic E-state index is 12.7. The number of rotatable bonds is 5. The van der Waals surface area contributed by atoms with Crippen molar-refractivity contribution in [2.45, 2.75) is 26.1 Å². The SMILES string of the molecule is CC(C)[C@H](Nc1ccc(C(F)(F)F)cc1Cl)C(=O)Nc1ccc(Cl)cc1. The lowest BCUT2D eigenvalue weighted by molar-refractivity contribution is -0.137. The molecule has 1 amide bonds. The summed E-state index contributed by atoms with van der Waals surface area (Å²) in [6.45, 7) is 3.63. The van der Waals surface area contributed by atoms with Crippen molar-refractivity contribution in [1.82, 2.24) is 0 Å². The summed E-state index contributed by atoms with van der Waals surface area (Å²) in [5.41, 5.74) is -0.0326. The molecule has 0 aliphatic carbocycles. The first-order valence-corrected chi connectivity index (χ1v) is 8.53. The minimum Gasteiger partial charge on any atom is -0.372 e. The minimum atomic E-state index is -4.48. The van der Waals surface area contributed by atoms with Gasteiger partial charge in [0.2, 0.25) is 5.91 Å². The van der Waals surface area contributed by atoms with Gasteiger partial charge in [-0.1, -0.05) is 37.0 Å². The number of anilines is 2. The lowest BCUT2D eigenvalue weighted by atomic mass is 10.0. The van der Waals surface area contributed by atoms with E-state index in [1.807, 2.05) is 13.8 Å². The molecule has 26 heavy (non-hydrogen) atoms. The number of benzene rings is 2. The van der Waals surface area contributed by atoms with Gasteiger partial charge < -0.3 is 10.6 Å². The van der Waals surface area contributed by atoms with Crippen molar-refractivity contribution in [3.63, 3.8) is 0 Å². The van der Waals surface area contributed by atoms with Crippen LogP contribution in [-0.4, -0.2) is 11.9 Å². The molecule has 0 heterocycles. The molecule has 0 bridgehead atoms. The van der Waals surface area contributed by atoms with E-state index in [1.165, 1.54) is 6.07 Å². The van der Waals surface area contributed by atoms with E-state index in [4.69, 9.17) is 23.2 Å². The van der Waals surface area contributed by atoms with E-state index in [1.54, 1.807) is 24.3 Å². The van der Waals surface area contributed by atoms with Crippen LogP contribution in [0.5, 0.6) is 0 Å². The molecule has 0 aliphatic heterocycles. The average molecular weight is 405 g/mol. The second-order valence-electron chi connectivity index (χ2n) is 6.05. The fourth-order valence-electron chi connectivity index (χ4n) is 2.26. The lowest BCUT2D eigenvalue weighted by Crippen LogP contribution is -2.39. The Bertz CT molecular complexity index is 777. The number of hydrogen-bond donors (Lipinski definition) is 2. The zero-order valence-electron chi connectivity index (χ0n) is 14.0. The molecule has 0 fully saturated rings. The highest BCUT2D eigenvalue weighted by Crippen LogP contribution is 2.34. The van der Waals surface area contributed by atoms with Crippen molar-refractivity contribution < 1.29 is 18.0 Å².